The van der Waals surface area contributed by atoms with Gasteiger partial charge in [0.1, 0.15) is 11.4 Å². The molecule has 1 aromatic heterocycles. The lowest BCUT2D eigenvalue weighted by Crippen LogP contribution is -2.40. The van der Waals surface area contributed by atoms with E-state index in [1.807, 2.05) is 9.47 Å². The summed E-state index contributed by atoms with van der Waals surface area (Å²) in [7, 11) is 0. The van der Waals surface area contributed by atoms with Gasteiger partial charge < -0.3 is 24.8 Å². The molecule has 0 amide bonds. The highest BCUT2D eigenvalue weighted by atomic mass is 19.1. The zero-order valence-electron chi connectivity index (χ0n) is 16.8. The molecule has 0 bridgehead atoms. The summed E-state index contributed by atoms with van der Waals surface area (Å²) in [6.07, 6.45) is 4.50. The van der Waals surface area contributed by atoms with E-state index >= 15 is 4.39 Å². The van der Waals surface area contributed by atoms with Crippen molar-refractivity contribution < 1.29 is 24.5 Å². The van der Waals surface area contributed by atoms with Crippen molar-refractivity contribution in [1.29, 1.82) is 0 Å². The Morgan fingerprint density at radius 1 is 1.30 bits per heavy atom. The van der Waals surface area contributed by atoms with Crippen molar-refractivity contribution in [2.45, 2.75) is 44.2 Å². The second-order valence-electron chi connectivity index (χ2n) is 9.12. The Hall–Kier alpha value is -2.45. The number of fused-ring (bicyclic) bond motifs is 2. The minimum Gasteiger partial charge on any atom is -0.477 e. The highest BCUT2D eigenvalue weighted by Gasteiger charge is 2.51. The fourth-order valence-electron chi connectivity index (χ4n) is 5.62. The lowest BCUT2D eigenvalue weighted by atomic mass is 9.89. The minimum atomic E-state index is -1.31. The van der Waals surface area contributed by atoms with Crippen LogP contribution in [0.5, 0.6) is 0 Å². The summed E-state index contributed by atoms with van der Waals surface area (Å²) < 4.78 is 17.1. The van der Waals surface area contributed by atoms with Gasteiger partial charge in [-0.2, -0.15) is 0 Å². The number of hydrogen-bond donors (Lipinski definition) is 3. The van der Waals surface area contributed by atoms with Crippen molar-refractivity contribution in [2.75, 3.05) is 24.6 Å². The molecule has 0 radical (unpaired) electrons. The minimum absolute atomic E-state index is 0.0896. The zero-order valence-corrected chi connectivity index (χ0v) is 16.8. The maximum Gasteiger partial charge on any atom is 0.341 e. The smallest absolute Gasteiger partial charge is 0.341 e. The summed E-state index contributed by atoms with van der Waals surface area (Å²) in [5.74, 6) is -1.82. The van der Waals surface area contributed by atoms with E-state index in [4.69, 9.17) is 0 Å². The van der Waals surface area contributed by atoms with Crippen molar-refractivity contribution in [3.05, 3.63) is 39.4 Å². The summed E-state index contributed by atoms with van der Waals surface area (Å²) in [5.41, 5.74) is -0.556. The van der Waals surface area contributed by atoms with Crippen LogP contribution in [0, 0.1) is 24.6 Å². The van der Waals surface area contributed by atoms with Crippen LogP contribution in [0.4, 0.5) is 10.1 Å². The Morgan fingerprint density at radius 3 is 2.67 bits per heavy atom. The number of rotatable bonds is 4. The largest absolute Gasteiger partial charge is 0.477 e. The normalized spacial score (nSPS) is 28.3. The first-order valence-corrected chi connectivity index (χ1v) is 10.4. The van der Waals surface area contributed by atoms with Gasteiger partial charge in [-0.15, -0.1) is 0 Å². The van der Waals surface area contributed by atoms with Gasteiger partial charge in [-0.25, -0.2) is 9.18 Å². The van der Waals surface area contributed by atoms with Crippen LogP contribution in [-0.2, 0) is 0 Å². The number of anilines is 1. The van der Waals surface area contributed by atoms with Crippen LogP contribution in [0.3, 0.4) is 0 Å². The molecule has 1 aromatic carbocycles. The van der Waals surface area contributed by atoms with Crippen LogP contribution in [0.1, 0.15) is 47.6 Å². The predicted octanol–water partition coefficient (Wildman–Crippen LogP) is 2.05. The molecule has 2 unspecified atom stereocenters. The molecule has 5 rings (SSSR count). The Morgan fingerprint density at radius 2 is 2.03 bits per heavy atom. The van der Waals surface area contributed by atoms with E-state index in [0.717, 1.165) is 25.3 Å². The van der Waals surface area contributed by atoms with E-state index in [0.29, 0.717) is 36.3 Å². The Kier molecular flexibility index (Phi) is 4.24. The third kappa shape index (κ3) is 2.70. The zero-order chi connectivity index (χ0) is 21.4. The van der Waals surface area contributed by atoms with Crippen LogP contribution in [0.2, 0.25) is 0 Å². The standard InChI is InChI=1S/C22H25FN2O5/c1-11-18-14(20(27)15(21(28)29)8-25(18)13-2-3-13)6-17(23)19(11)24-7-12-4-5-22(30,10-26)16(12)9-24/h6,8,12-13,16,26,30H,2-5,7,9-10H2,1H3,(H,28,29)/t12?,16-,22?/m0/s1. The summed E-state index contributed by atoms with van der Waals surface area (Å²) in [6, 6.07) is 1.28. The third-order valence-corrected chi connectivity index (χ3v) is 7.32. The number of hydrogen-bond acceptors (Lipinski definition) is 5. The second kappa shape index (κ2) is 6.52. The molecule has 160 valence electrons. The highest BCUT2D eigenvalue weighted by molar-refractivity contribution is 5.95. The molecule has 3 aliphatic rings. The number of aliphatic hydroxyl groups excluding tert-OH is 1. The molecule has 8 heteroatoms. The Bertz CT molecular complexity index is 1120. The maximum absolute atomic E-state index is 15.3. The molecule has 1 aliphatic heterocycles. The number of carboxylic acids is 1. The molecular weight excluding hydrogens is 391 g/mol. The third-order valence-electron chi connectivity index (χ3n) is 7.32. The van der Waals surface area contributed by atoms with Gasteiger partial charge >= 0.3 is 5.97 Å². The lowest BCUT2D eigenvalue weighted by molar-refractivity contribution is -0.0432. The molecule has 3 fully saturated rings. The molecular formula is C22H25FN2O5. The van der Waals surface area contributed by atoms with Crippen LogP contribution < -0.4 is 10.3 Å². The number of pyridine rings is 1. The van der Waals surface area contributed by atoms with Crippen LogP contribution >= 0.6 is 0 Å². The number of benzene rings is 1. The molecule has 3 N–H and O–H groups in total. The van der Waals surface area contributed by atoms with E-state index in [1.165, 1.54) is 6.20 Å². The van der Waals surface area contributed by atoms with Gasteiger partial charge in [-0.1, -0.05) is 0 Å². The number of aromatic carboxylic acids is 1. The van der Waals surface area contributed by atoms with Crippen LogP contribution in [-0.4, -0.2) is 51.2 Å². The fourth-order valence-corrected chi connectivity index (χ4v) is 5.62. The number of carboxylic acid groups (broad SMARTS) is 1. The van der Waals surface area contributed by atoms with E-state index < -0.39 is 22.8 Å². The quantitative estimate of drug-likeness (QED) is 0.705. The number of aromatic nitrogens is 1. The van der Waals surface area contributed by atoms with Crippen LogP contribution in [0.15, 0.2) is 17.1 Å². The molecule has 1 saturated heterocycles. The van der Waals surface area contributed by atoms with Gasteiger partial charge in [-0.05, 0) is 50.2 Å². The molecule has 7 nitrogen and oxygen atoms in total. The Balaban J connectivity index is 1.66. The predicted molar refractivity (Wildman–Crippen MR) is 109 cm³/mol. The maximum atomic E-state index is 15.3. The highest BCUT2D eigenvalue weighted by Crippen LogP contribution is 2.47. The Labute approximate surface area is 172 Å². The monoisotopic (exact) mass is 416 g/mol. The first kappa shape index (κ1) is 19.5. The molecule has 2 aliphatic carbocycles. The molecule has 2 aromatic rings. The lowest BCUT2D eigenvalue weighted by Gasteiger charge is -2.29. The topological polar surface area (TPSA) is 103 Å². The summed E-state index contributed by atoms with van der Waals surface area (Å²) in [5, 5.41) is 29.9. The van der Waals surface area contributed by atoms with Crippen molar-refractivity contribution in [2.24, 2.45) is 11.8 Å². The van der Waals surface area contributed by atoms with Gasteiger partial charge in [0.15, 0.2) is 0 Å². The number of carbonyl (C=O) groups is 1. The van der Waals surface area contributed by atoms with E-state index in [1.54, 1.807) is 6.92 Å². The van der Waals surface area contributed by atoms with Gasteiger partial charge in [0, 0.05) is 36.6 Å². The number of aryl methyl sites for hydroxylation is 1. The van der Waals surface area contributed by atoms with E-state index in [-0.39, 0.29) is 35.4 Å². The average Bonchev–Trinajstić information content (AvgIpc) is 3.38. The fraction of sp³-hybridized carbons (Fsp3) is 0.545. The van der Waals surface area contributed by atoms with Crippen molar-refractivity contribution in [1.82, 2.24) is 4.57 Å². The first-order chi connectivity index (χ1) is 14.2. The van der Waals surface area contributed by atoms with Gasteiger partial charge in [0.25, 0.3) is 0 Å². The average molecular weight is 416 g/mol. The molecule has 2 saturated carbocycles. The SMILES string of the molecule is Cc1c(N2CC3CCC(O)(CO)[C@H]3C2)c(F)cc2c(=O)c(C(=O)O)cn(C3CC3)c12. The van der Waals surface area contributed by atoms with Crippen molar-refractivity contribution >= 4 is 22.6 Å². The number of nitrogens with zero attached hydrogens (tertiary/aromatic N) is 2. The molecule has 0 spiro atoms. The second-order valence-corrected chi connectivity index (χ2v) is 9.12. The van der Waals surface area contributed by atoms with Gasteiger partial charge in [-0.3, -0.25) is 4.79 Å². The molecule has 2 heterocycles. The first-order valence-electron chi connectivity index (χ1n) is 10.4. The summed E-state index contributed by atoms with van der Waals surface area (Å²) in [4.78, 5) is 26.2. The van der Waals surface area contributed by atoms with Crippen molar-refractivity contribution in [3.63, 3.8) is 0 Å². The molecule has 3 atom stereocenters. The van der Waals surface area contributed by atoms with Gasteiger partial charge in [0.2, 0.25) is 5.43 Å². The number of halogens is 1. The molecule has 30 heavy (non-hydrogen) atoms. The van der Waals surface area contributed by atoms with Crippen LogP contribution in [0.25, 0.3) is 10.9 Å². The summed E-state index contributed by atoms with van der Waals surface area (Å²) >= 11 is 0. The van der Waals surface area contributed by atoms with Crippen molar-refractivity contribution in [3.8, 4) is 0 Å². The van der Waals surface area contributed by atoms with Gasteiger partial charge in [0.05, 0.1) is 23.4 Å². The summed E-state index contributed by atoms with van der Waals surface area (Å²) in [6.45, 7) is 2.48. The van der Waals surface area contributed by atoms with E-state index in [2.05, 4.69) is 0 Å². The number of aliphatic hydroxyl groups is 2. The van der Waals surface area contributed by atoms with E-state index in [9.17, 15) is 24.9 Å².